The molecule has 1 N–H and O–H groups in total. The Labute approximate surface area is 135 Å². The van der Waals surface area contributed by atoms with Crippen molar-refractivity contribution in [3.05, 3.63) is 28.8 Å². The summed E-state index contributed by atoms with van der Waals surface area (Å²) in [5.74, 6) is 0. The molecule has 0 aliphatic carbocycles. The van der Waals surface area contributed by atoms with Crippen molar-refractivity contribution in [3.8, 4) is 0 Å². The Morgan fingerprint density at radius 3 is 2.45 bits per heavy atom. The molecule has 118 valence electrons. The highest BCUT2D eigenvalue weighted by molar-refractivity contribution is 7.18. The third kappa shape index (κ3) is 2.46. The molecular weight excluding hydrogens is 294 g/mol. The highest BCUT2D eigenvalue weighted by Gasteiger charge is 2.48. The van der Waals surface area contributed by atoms with Gasteiger partial charge in [-0.3, -0.25) is 0 Å². The number of thiazole rings is 1. The topological polar surface area (TPSA) is 33.1 Å². The van der Waals surface area contributed by atoms with E-state index in [9.17, 15) is 5.11 Å². The monoisotopic (exact) mass is 319 g/mol. The van der Waals surface area contributed by atoms with Crippen LogP contribution in [0, 0.1) is 6.92 Å². The molecule has 3 fully saturated rings. The quantitative estimate of drug-likeness (QED) is 0.871. The Morgan fingerprint density at radius 2 is 1.77 bits per heavy atom. The zero-order chi connectivity index (χ0) is 15.2. The number of hydrogen-bond donors (Lipinski definition) is 1. The lowest BCUT2D eigenvalue weighted by atomic mass is 10.0. The minimum absolute atomic E-state index is 0.333. The summed E-state index contributed by atoms with van der Waals surface area (Å²) in [6.45, 7) is 12.0. The van der Waals surface area contributed by atoms with Crippen LogP contribution in [0.1, 0.15) is 10.6 Å². The van der Waals surface area contributed by atoms with Gasteiger partial charge in [-0.2, -0.15) is 0 Å². The highest BCUT2D eigenvalue weighted by atomic mass is 32.1. The molecule has 1 aromatic heterocycles. The summed E-state index contributed by atoms with van der Waals surface area (Å²) in [4.78, 5) is 4.64. The summed E-state index contributed by atoms with van der Waals surface area (Å²) in [5.41, 5.74) is 2.60. The van der Waals surface area contributed by atoms with Gasteiger partial charge in [0.15, 0.2) is 0 Å². The Morgan fingerprint density at radius 1 is 1.09 bits per heavy atom. The zero-order valence-electron chi connectivity index (χ0n) is 13.3. The lowest BCUT2D eigenvalue weighted by Gasteiger charge is -2.55. The van der Waals surface area contributed by atoms with Gasteiger partial charge in [0.25, 0.3) is 0 Å². The second-order valence-corrected chi connectivity index (χ2v) is 8.40. The zero-order valence-corrected chi connectivity index (χ0v) is 14.1. The number of aliphatic hydroxyl groups is 1. The summed E-state index contributed by atoms with van der Waals surface area (Å²) in [6, 6.07) is 6.84. The van der Waals surface area contributed by atoms with Crippen molar-refractivity contribution in [1.82, 2.24) is 4.98 Å². The van der Waals surface area contributed by atoms with Gasteiger partial charge in [-0.15, -0.1) is 11.3 Å². The maximum atomic E-state index is 9.31. The van der Waals surface area contributed by atoms with Gasteiger partial charge < -0.3 is 14.1 Å². The molecule has 0 saturated carbocycles. The number of nitrogens with zero attached hydrogens (tertiary/aromatic N) is 3. The normalized spacial score (nSPS) is 31.0. The largest absolute Gasteiger partial charge is 0.391 e. The molecule has 4 heterocycles. The van der Waals surface area contributed by atoms with Gasteiger partial charge in [0, 0.05) is 5.56 Å². The summed E-state index contributed by atoms with van der Waals surface area (Å²) in [6.07, 6.45) is 0. The standard InChI is InChI=1S/C17H25N3OS/c1-14-18-16-12-15(2-3-17(16)22-14)13-20-7-4-19(5-8-20,6-9-20)10-11-21/h2-3,12,21H,4-11,13H2,1H3/q+2. The van der Waals surface area contributed by atoms with E-state index in [2.05, 4.69) is 30.1 Å². The van der Waals surface area contributed by atoms with Gasteiger partial charge in [0.1, 0.15) is 52.4 Å². The number of hydrogen-bond acceptors (Lipinski definition) is 3. The van der Waals surface area contributed by atoms with Crippen LogP contribution >= 0.6 is 11.3 Å². The van der Waals surface area contributed by atoms with Crippen LogP contribution in [0.3, 0.4) is 0 Å². The van der Waals surface area contributed by atoms with Crippen molar-refractivity contribution in [1.29, 1.82) is 0 Å². The van der Waals surface area contributed by atoms with Gasteiger partial charge in [0.2, 0.25) is 0 Å². The minimum Gasteiger partial charge on any atom is -0.391 e. The molecule has 0 radical (unpaired) electrons. The van der Waals surface area contributed by atoms with E-state index < -0.39 is 0 Å². The first kappa shape index (κ1) is 14.6. The molecule has 22 heavy (non-hydrogen) atoms. The Bertz CT molecular complexity index is 672. The molecule has 4 nitrogen and oxygen atoms in total. The van der Waals surface area contributed by atoms with Crippen LogP contribution < -0.4 is 0 Å². The SMILES string of the molecule is Cc1nc2cc(C[N+]34CC[N+](CCO)(CC3)CC4)ccc2s1. The van der Waals surface area contributed by atoms with Crippen LogP contribution in [-0.2, 0) is 6.54 Å². The van der Waals surface area contributed by atoms with E-state index in [-0.39, 0.29) is 0 Å². The fourth-order valence-electron chi connectivity index (χ4n) is 4.30. The van der Waals surface area contributed by atoms with Gasteiger partial charge in [0.05, 0.1) is 21.8 Å². The Balaban J connectivity index is 1.53. The molecule has 1 aromatic carbocycles. The van der Waals surface area contributed by atoms with Gasteiger partial charge in [-0.25, -0.2) is 4.98 Å². The fourth-order valence-corrected chi connectivity index (χ4v) is 5.11. The minimum atomic E-state index is 0.333. The molecule has 0 atom stereocenters. The molecule has 5 rings (SSSR count). The van der Waals surface area contributed by atoms with Crippen LogP contribution in [0.25, 0.3) is 10.2 Å². The fraction of sp³-hybridized carbons (Fsp3) is 0.588. The van der Waals surface area contributed by atoms with Crippen molar-refractivity contribution >= 4 is 21.6 Å². The van der Waals surface area contributed by atoms with Gasteiger partial charge >= 0.3 is 0 Å². The molecule has 0 amide bonds. The number of aryl methyl sites for hydroxylation is 1. The summed E-state index contributed by atoms with van der Waals surface area (Å²) >= 11 is 1.78. The third-order valence-corrected chi connectivity index (χ3v) is 6.75. The lowest BCUT2D eigenvalue weighted by Crippen LogP contribution is -2.74. The van der Waals surface area contributed by atoms with E-state index >= 15 is 0 Å². The summed E-state index contributed by atoms with van der Waals surface area (Å²) < 4.78 is 3.69. The van der Waals surface area contributed by atoms with E-state index in [1.807, 2.05) is 0 Å². The Hall–Kier alpha value is -1.01. The predicted octanol–water partition coefficient (Wildman–Crippen LogP) is 1.76. The van der Waals surface area contributed by atoms with E-state index in [1.54, 1.807) is 11.3 Å². The average Bonchev–Trinajstić information content (AvgIpc) is 2.89. The van der Waals surface area contributed by atoms with E-state index in [1.165, 1.54) is 54.0 Å². The Kier molecular flexibility index (Phi) is 3.49. The van der Waals surface area contributed by atoms with Crippen molar-refractivity contribution in [2.75, 3.05) is 52.4 Å². The van der Waals surface area contributed by atoms with Crippen LogP contribution in [0.5, 0.6) is 0 Å². The second kappa shape index (κ2) is 5.27. The molecule has 0 unspecified atom stereocenters. The number of aromatic nitrogens is 1. The molecule has 2 aromatic rings. The van der Waals surface area contributed by atoms with Crippen LogP contribution in [0.2, 0.25) is 0 Å². The molecular formula is C17H25N3OS+2. The number of benzene rings is 1. The van der Waals surface area contributed by atoms with Crippen molar-refractivity contribution in [3.63, 3.8) is 0 Å². The van der Waals surface area contributed by atoms with Gasteiger partial charge in [-0.05, 0) is 19.1 Å². The average molecular weight is 319 g/mol. The molecule has 2 bridgehead atoms. The first-order valence-corrected chi connectivity index (χ1v) is 9.11. The van der Waals surface area contributed by atoms with Crippen molar-refractivity contribution < 1.29 is 14.1 Å². The van der Waals surface area contributed by atoms with E-state index in [0.717, 1.165) is 28.1 Å². The number of piperazine rings is 3. The first-order valence-electron chi connectivity index (χ1n) is 8.29. The highest BCUT2D eigenvalue weighted by Crippen LogP contribution is 2.30. The first-order chi connectivity index (χ1) is 10.6. The molecule has 3 aliphatic rings. The molecule has 3 saturated heterocycles. The third-order valence-electron chi connectivity index (χ3n) is 5.80. The number of rotatable bonds is 4. The predicted molar refractivity (Wildman–Crippen MR) is 89.7 cm³/mol. The summed E-state index contributed by atoms with van der Waals surface area (Å²) in [5, 5.41) is 10.5. The van der Waals surface area contributed by atoms with Crippen LogP contribution in [0.4, 0.5) is 0 Å². The number of fused-ring (bicyclic) bond motifs is 4. The molecule has 3 aliphatic heterocycles. The maximum absolute atomic E-state index is 9.31. The van der Waals surface area contributed by atoms with Crippen molar-refractivity contribution in [2.24, 2.45) is 0 Å². The van der Waals surface area contributed by atoms with Gasteiger partial charge in [-0.1, -0.05) is 6.07 Å². The van der Waals surface area contributed by atoms with E-state index in [4.69, 9.17) is 0 Å². The molecule has 5 heteroatoms. The van der Waals surface area contributed by atoms with E-state index in [0.29, 0.717) is 6.61 Å². The smallest absolute Gasteiger partial charge is 0.129 e. The second-order valence-electron chi connectivity index (χ2n) is 7.17. The lowest BCUT2D eigenvalue weighted by molar-refractivity contribution is -1.09. The molecule has 0 spiro atoms. The maximum Gasteiger partial charge on any atom is 0.129 e. The van der Waals surface area contributed by atoms with Crippen LogP contribution in [0.15, 0.2) is 18.2 Å². The van der Waals surface area contributed by atoms with Crippen molar-refractivity contribution in [2.45, 2.75) is 13.5 Å². The number of aliphatic hydroxyl groups excluding tert-OH is 1. The number of quaternary nitrogens is 2. The summed E-state index contributed by atoms with van der Waals surface area (Å²) in [7, 11) is 0. The van der Waals surface area contributed by atoms with Crippen LogP contribution in [-0.4, -0.2) is 71.5 Å².